The van der Waals surface area contributed by atoms with E-state index in [9.17, 15) is 9.18 Å². The van der Waals surface area contributed by atoms with Gasteiger partial charge in [0.05, 0.1) is 6.61 Å². The fourth-order valence-corrected chi connectivity index (χ4v) is 2.35. The highest BCUT2D eigenvalue weighted by Gasteiger charge is 2.37. The maximum absolute atomic E-state index is 13.9. The molecule has 4 nitrogen and oxygen atoms in total. The summed E-state index contributed by atoms with van der Waals surface area (Å²) in [4.78, 5) is 13.4. The highest BCUT2D eigenvalue weighted by Crippen LogP contribution is 2.26. The Morgan fingerprint density at radius 2 is 2.16 bits per heavy atom. The first-order valence-electron chi connectivity index (χ1n) is 6.39. The van der Waals surface area contributed by atoms with Crippen LogP contribution in [0.25, 0.3) is 0 Å². The minimum absolute atomic E-state index is 0.115. The Labute approximate surface area is 112 Å². The Bertz CT molecular complexity index is 449. The van der Waals surface area contributed by atoms with Gasteiger partial charge in [0, 0.05) is 32.2 Å². The molecule has 0 spiro atoms. The average Bonchev–Trinajstić information content (AvgIpc) is 2.81. The van der Waals surface area contributed by atoms with Crippen LogP contribution in [0.4, 0.5) is 4.39 Å². The Morgan fingerprint density at radius 1 is 1.47 bits per heavy atom. The number of nitrogens with one attached hydrogen (secondary N) is 1. The van der Waals surface area contributed by atoms with Crippen molar-refractivity contribution in [2.75, 3.05) is 26.7 Å². The number of aliphatic hydroxyl groups excluding tert-OH is 1. The van der Waals surface area contributed by atoms with Crippen molar-refractivity contribution in [3.63, 3.8) is 0 Å². The number of benzene rings is 1. The number of halogens is 1. The number of aliphatic hydroxyl groups is 1. The Hall–Kier alpha value is -1.46. The first-order valence-corrected chi connectivity index (χ1v) is 6.39. The molecule has 1 saturated heterocycles. The number of amides is 1. The van der Waals surface area contributed by atoms with E-state index in [0.717, 1.165) is 5.56 Å². The molecule has 1 aliphatic heterocycles. The van der Waals surface area contributed by atoms with E-state index >= 15 is 0 Å². The second-order valence-electron chi connectivity index (χ2n) is 5.05. The van der Waals surface area contributed by atoms with Crippen LogP contribution in [0.2, 0.25) is 0 Å². The van der Waals surface area contributed by atoms with Crippen molar-refractivity contribution in [2.24, 2.45) is 0 Å². The van der Waals surface area contributed by atoms with Gasteiger partial charge in [-0.25, -0.2) is 4.39 Å². The molecule has 104 valence electrons. The zero-order valence-electron chi connectivity index (χ0n) is 11.0. The minimum atomic E-state index is -1.46. The number of hydrogen-bond donors (Lipinski definition) is 2. The van der Waals surface area contributed by atoms with Gasteiger partial charge < -0.3 is 10.4 Å². The van der Waals surface area contributed by atoms with Crippen molar-refractivity contribution in [1.82, 2.24) is 10.2 Å². The highest BCUT2D eigenvalue weighted by atomic mass is 19.1. The summed E-state index contributed by atoms with van der Waals surface area (Å²) in [5.41, 5.74) is 0.194. The largest absolute Gasteiger partial charge is 0.393 e. The summed E-state index contributed by atoms with van der Waals surface area (Å²) in [5.74, 6) is -0.115. The van der Waals surface area contributed by atoms with E-state index in [-0.39, 0.29) is 12.5 Å². The monoisotopic (exact) mass is 266 g/mol. The first kappa shape index (κ1) is 14.0. The summed E-state index contributed by atoms with van der Waals surface area (Å²) in [7, 11) is 1.59. The summed E-state index contributed by atoms with van der Waals surface area (Å²) in [6.07, 6.45) is 0.375. The fraction of sp³-hybridized carbons (Fsp3) is 0.500. The Balaban J connectivity index is 1.96. The van der Waals surface area contributed by atoms with E-state index in [1.54, 1.807) is 19.2 Å². The van der Waals surface area contributed by atoms with Crippen LogP contribution >= 0.6 is 0 Å². The number of rotatable bonds is 4. The molecule has 1 aromatic rings. The van der Waals surface area contributed by atoms with Crippen molar-refractivity contribution < 1.29 is 14.3 Å². The smallest absolute Gasteiger partial charge is 0.251 e. The van der Waals surface area contributed by atoms with Crippen LogP contribution in [0, 0.1) is 0 Å². The predicted molar refractivity (Wildman–Crippen MR) is 70.7 cm³/mol. The number of hydrogen-bond acceptors (Lipinski definition) is 3. The average molecular weight is 266 g/mol. The molecule has 2 rings (SSSR count). The van der Waals surface area contributed by atoms with Crippen molar-refractivity contribution in [3.8, 4) is 0 Å². The number of carbonyl (C=O) groups is 1. The van der Waals surface area contributed by atoms with E-state index in [0.29, 0.717) is 25.1 Å². The van der Waals surface area contributed by atoms with Crippen molar-refractivity contribution >= 4 is 5.91 Å². The number of nitrogens with zero attached hydrogens (tertiary/aromatic N) is 1. The van der Waals surface area contributed by atoms with Gasteiger partial charge in [0.2, 0.25) is 0 Å². The van der Waals surface area contributed by atoms with Crippen LogP contribution in [-0.4, -0.2) is 48.3 Å². The lowest BCUT2D eigenvalue weighted by atomic mass is 10.1. The minimum Gasteiger partial charge on any atom is -0.393 e. The SMILES string of the molecule is CNC(=O)c1ccc(CN2CCC(F)(CO)C2)cc1. The molecule has 2 N–H and O–H groups in total. The summed E-state index contributed by atoms with van der Waals surface area (Å²) < 4.78 is 13.9. The quantitative estimate of drug-likeness (QED) is 0.853. The summed E-state index contributed by atoms with van der Waals surface area (Å²) in [5, 5.41) is 11.6. The molecule has 1 aliphatic rings. The second kappa shape index (κ2) is 5.67. The molecule has 0 saturated carbocycles. The normalized spacial score (nSPS) is 23.5. The van der Waals surface area contributed by atoms with Crippen LogP contribution in [0.15, 0.2) is 24.3 Å². The highest BCUT2D eigenvalue weighted by molar-refractivity contribution is 5.93. The molecule has 1 heterocycles. The summed E-state index contributed by atoms with van der Waals surface area (Å²) in [6, 6.07) is 7.28. The van der Waals surface area contributed by atoms with Crippen LogP contribution < -0.4 is 5.32 Å². The third-order valence-electron chi connectivity index (χ3n) is 3.52. The van der Waals surface area contributed by atoms with E-state index < -0.39 is 12.3 Å². The van der Waals surface area contributed by atoms with Crippen LogP contribution in [0.1, 0.15) is 22.3 Å². The third kappa shape index (κ3) is 3.30. The van der Waals surface area contributed by atoms with Crippen molar-refractivity contribution in [1.29, 1.82) is 0 Å². The fourth-order valence-electron chi connectivity index (χ4n) is 2.35. The lowest BCUT2D eigenvalue weighted by molar-refractivity contribution is 0.0769. The van der Waals surface area contributed by atoms with Crippen molar-refractivity contribution in [2.45, 2.75) is 18.6 Å². The standard InChI is InChI=1S/C14H19FN2O2/c1-16-13(19)12-4-2-11(3-5-12)8-17-7-6-14(15,9-17)10-18/h2-5,18H,6-10H2,1H3,(H,16,19). The molecule has 0 aliphatic carbocycles. The van der Waals surface area contributed by atoms with Gasteiger partial charge in [-0.2, -0.15) is 0 Å². The topological polar surface area (TPSA) is 52.6 Å². The predicted octanol–water partition coefficient (Wildman–Crippen LogP) is 0.952. The van der Waals surface area contributed by atoms with Crippen molar-refractivity contribution in [3.05, 3.63) is 35.4 Å². The van der Waals surface area contributed by atoms with Crippen LogP contribution in [0.3, 0.4) is 0 Å². The lowest BCUT2D eigenvalue weighted by Crippen LogP contribution is -2.32. The molecule has 19 heavy (non-hydrogen) atoms. The number of likely N-dealkylation sites (tertiary alicyclic amines) is 1. The van der Waals surface area contributed by atoms with Crippen LogP contribution in [-0.2, 0) is 6.54 Å². The molecule has 0 radical (unpaired) electrons. The first-order chi connectivity index (χ1) is 9.06. The molecular weight excluding hydrogens is 247 g/mol. The molecule has 5 heteroatoms. The molecule has 0 aromatic heterocycles. The summed E-state index contributed by atoms with van der Waals surface area (Å²) in [6.45, 7) is 1.13. The lowest BCUT2D eigenvalue weighted by Gasteiger charge is -2.18. The van der Waals surface area contributed by atoms with Gasteiger partial charge in [-0.3, -0.25) is 9.69 Å². The van der Waals surface area contributed by atoms with Gasteiger partial charge in [-0.1, -0.05) is 12.1 Å². The molecule has 1 amide bonds. The Morgan fingerprint density at radius 3 is 2.68 bits per heavy atom. The summed E-state index contributed by atoms with van der Waals surface area (Å²) >= 11 is 0. The van der Waals surface area contributed by atoms with E-state index in [4.69, 9.17) is 5.11 Å². The van der Waals surface area contributed by atoms with Gasteiger partial charge in [-0.05, 0) is 24.1 Å². The number of carbonyl (C=O) groups excluding carboxylic acids is 1. The van der Waals surface area contributed by atoms with E-state index in [1.165, 1.54) is 0 Å². The van der Waals surface area contributed by atoms with E-state index in [1.807, 2.05) is 17.0 Å². The molecule has 1 aromatic carbocycles. The van der Waals surface area contributed by atoms with Gasteiger partial charge in [0.1, 0.15) is 5.67 Å². The van der Waals surface area contributed by atoms with Crippen LogP contribution in [0.5, 0.6) is 0 Å². The van der Waals surface area contributed by atoms with Gasteiger partial charge >= 0.3 is 0 Å². The van der Waals surface area contributed by atoms with Gasteiger partial charge in [-0.15, -0.1) is 0 Å². The zero-order valence-corrected chi connectivity index (χ0v) is 11.0. The second-order valence-corrected chi connectivity index (χ2v) is 5.05. The van der Waals surface area contributed by atoms with E-state index in [2.05, 4.69) is 5.32 Å². The number of alkyl halides is 1. The molecule has 1 unspecified atom stereocenters. The third-order valence-corrected chi connectivity index (χ3v) is 3.52. The van der Waals surface area contributed by atoms with Gasteiger partial charge in [0.15, 0.2) is 0 Å². The maximum atomic E-state index is 13.9. The van der Waals surface area contributed by atoms with Gasteiger partial charge in [0.25, 0.3) is 5.91 Å². The molecule has 1 atom stereocenters. The molecule has 0 bridgehead atoms. The Kier molecular flexibility index (Phi) is 4.17. The molecular formula is C14H19FN2O2. The zero-order chi connectivity index (χ0) is 13.9. The maximum Gasteiger partial charge on any atom is 0.251 e. The molecule has 1 fully saturated rings.